The molecular formula is C26H23ClN2O3S. The van der Waals surface area contributed by atoms with Crippen molar-refractivity contribution >= 4 is 39.9 Å². The minimum absolute atomic E-state index is 0.0519. The first-order valence-electron chi connectivity index (χ1n) is 11.0. The first-order chi connectivity index (χ1) is 16.0. The van der Waals surface area contributed by atoms with E-state index in [1.165, 1.54) is 0 Å². The van der Waals surface area contributed by atoms with Crippen molar-refractivity contribution in [3.8, 4) is 0 Å². The fourth-order valence-corrected chi connectivity index (χ4v) is 5.88. The lowest BCUT2D eigenvalue weighted by molar-refractivity contribution is 0.0724. The normalized spacial score (nSPS) is 17.8. The van der Waals surface area contributed by atoms with Crippen LogP contribution in [-0.2, 0) is 17.3 Å². The average molecular weight is 479 g/mol. The van der Waals surface area contributed by atoms with E-state index < -0.39 is 10.8 Å². The molecule has 0 spiro atoms. The zero-order valence-electron chi connectivity index (χ0n) is 18.0. The molecule has 2 aliphatic heterocycles. The van der Waals surface area contributed by atoms with E-state index in [4.69, 9.17) is 11.6 Å². The van der Waals surface area contributed by atoms with E-state index in [0.29, 0.717) is 31.6 Å². The zero-order chi connectivity index (χ0) is 22.9. The van der Waals surface area contributed by atoms with Crippen molar-refractivity contribution < 1.29 is 13.8 Å². The van der Waals surface area contributed by atoms with Crippen molar-refractivity contribution in [2.75, 3.05) is 18.0 Å². The summed E-state index contributed by atoms with van der Waals surface area (Å²) in [6.45, 7) is 1.75. The summed E-state index contributed by atoms with van der Waals surface area (Å²) in [6, 6.07) is 19.5. The maximum atomic E-state index is 13.7. The lowest BCUT2D eigenvalue weighted by Gasteiger charge is -2.28. The molecule has 5 nitrogen and oxygen atoms in total. The van der Waals surface area contributed by atoms with Crippen LogP contribution < -0.4 is 4.90 Å². The molecule has 3 aromatic carbocycles. The van der Waals surface area contributed by atoms with Crippen molar-refractivity contribution in [3.05, 3.63) is 88.4 Å². The second-order valence-corrected chi connectivity index (χ2v) is 10.2. The maximum absolute atomic E-state index is 13.7. The van der Waals surface area contributed by atoms with E-state index in [0.717, 1.165) is 37.9 Å². The molecule has 1 fully saturated rings. The molecule has 0 aromatic heterocycles. The van der Waals surface area contributed by atoms with Crippen LogP contribution in [-0.4, -0.2) is 34.0 Å². The van der Waals surface area contributed by atoms with E-state index >= 15 is 0 Å². The molecule has 0 saturated carbocycles. The summed E-state index contributed by atoms with van der Waals surface area (Å²) in [5.74, 6) is -0.292. The standard InChI is InChI=1S/C26H23ClN2O3S/c27-20-11-8-18(9-12-20)17-29-22-16-19(25(30)28-14-4-1-5-15-28)10-13-24(22)33(32)23-7-3-2-6-21(23)26(29)31/h2-3,6-13,16H,1,4-5,14-15,17H2/t33-/m1/s1. The van der Waals surface area contributed by atoms with Crippen LogP contribution in [0.1, 0.15) is 45.5 Å². The first kappa shape index (κ1) is 21.9. The Morgan fingerprint density at radius 1 is 0.909 bits per heavy atom. The highest BCUT2D eigenvalue weighted by Crippen LogP contribution is 2.36. The minimum atomic E-state index is -1.55. The molecule has 1 atom stereocenters. The second-order valence-electron chi connectivity index (χ2n) is 8.32. The van der Waals surface area contributed by atoms with Gasteiger partial charge in [0.2, 0.25) is 0 Å². The summed E-state index contributed by atoms with van der Waals surface area (Å²) < 4.78 is 13.5. The smallest absolute Gasteiger partial charge is 0.259 e. The third-order valence-electron chi connectivity index (χ3n) is 6.16. The Bertz CT molecular complexity index is 1250. The predicted molar refractivity (Wildman–Crippen MR) is 129 cm³/mol. The third-order valence-corrected chi connectivity index (χ3v) is 7.91. The quantitative estimate of drug-likeness (QED) is 0.513. The summed E-state index contributed by atoms with van der Waals surface area (Å²) in [4.78, 5) is 31.3. The molecule has 33 heavy (non-hydrogen) atoms. The number of amides is 2. The molecule has 0 bridgehead atoms. The summed E-state index contributed by atoms with van der Waals surface area (Å²) >= 11 is 6.04. The number of carbonyl (C=O) groups is 2. The van der Waals surface area contributed by atoms with Gasteiger partial charge in [-0.05, 0) is 67.3 Å². The van der Waals surface area contributed by atoms with Crippen molar-refractivity contribution in [3.63, 3.8) is 0 Å². The van der Waals surface area contributed by atoms with Gasteiger partial charge in [-0.3, -0.25) is 9.59 Å². The van der Waals surface area contributed by atoms with Crippen molar-refractivity contribution in [1.29, 1.82) is 0 Å². The van der Waals surface area contributed by atoms with Gasteiger partial charge >= 0.3 is 0 Å². The third kappa shape index (κ3) is 4.21. The Morgan fingerprint density at radius 3 is 2.39 bits per heavy atom. The topological polar surface area (TPSA) is 57.7 Å². The molecule has 1 saturated heterocycles. The van der Waals surface area contributed by atoms with Crippen LogP contribution in [0, 0.1) is 0 Å². The Hall–Kier alpha value is -2.96. The summed E-state index contributed by atoms with van der Waals surface area (Å²) in [7, 11) is -1.55. The maximum Gasteiger partial charge on any atom is 0.259 e. The molecule has 168 valence electrons. The zero-order valence-corrected chi connectivity index (χ0v) is 19.6. The number of nitrogens with zero attached hydrogens (tertiary/aromatic N) is 2. The molecule has 3 aromatic rings. The number of fused-ring (bicyclic) bond motifs is 2. The second kappa shape index (κ2) is 9.12. The number of hydrogen-bond acceptors (Lipinski definition) is 3. The number of benzene rings is 3. The fraction of sp³-hybridized carbons (Fsp3) is 0.231. The Balaban J connectivity index is 1.61. The van der Waals surface area contributed by atoms with Crippen LogP contribution in [0.4, 0.5) is 5.69 Å². The highest BCUT2D eigenvalue weighted by atomic mass is 35.5. The van der Waals surface area contributed by atoms with Crippen molar-refractivity contribution in [2.24, 2.45) is 0 Å². The van der Waals surface area contributed by atoms with Gasteiger partial charge in [-0.1, -0.05) is 35.9 Å². The number of rotatable bonds is 3. The summed E-state index contributed by atoms with van der Waals surface area (Å²) in [6.07, 6.45) is 3.13. The van der Waals surface area contributed by atoms with Crippen LogP contribution in [0.25, 0.3) is 0 Å². The lowest BCUT2D eigenvalue weighted by Crippen LogP contribution is -2.36. The molecule has 2 aliphatic rings. The molecule has 0 radical (unpaired) electrons. The number of carbonyl (C=O) groups excluding carboxylic acids is 2. The van der Waals surface area contributed by atoms with E-state index in [9.17, 15) is 13.8 Å². The van der Waals surface area contributed by atoms with Gasteiger partial charge in [0.05, 0.1) is 38.4 Å². The van der Waals surface area contributed by atoms with E-state index in [-0.39, 0.29) is 18.4 Å². The fourth-order valence-electron chi connectivity index (χ4n) is 4.41. The molecule has 7 heteroatoms. The molecule has 0 N–H and O–H groups in total. The number of likely N-dealkylation sites (tertiary alicyclic amines) is 1. The lowest BCUT2D eigenvalue weighted by atomic mass is 10.1. The van der Waals surface area contributed by atoms with Crippen LogP contribution in [0.3, 0.4) is 0 Å². The van der Waals surface area contributed by atoms with Crippen LogP contribution in [0.5, 0.6) is 0 Å². The number of piperidine rings is 1. The van der Waals surface area contributed by atoms with Gasteiger partial charge in [0.1, 0.15) is 0 Å². The number of halogens is 1. The first-order valence-corrected chi connectivity index (χ1v) is 12.6. The number of hydrogen-bond donors (Lipinski definition) is 0. The summed E-state index contributed by atoms with van der Waals surface area (Å²) in [5.41, 5.74) is 2.31. The van der Waals surface area contributed by atoms with Crippen LogP contribution in [0.2, 0.25) is 5.02 Å². The molecule has 0 aliphatic carbocycles. The molecule has 2 heterocycles. The number of anilines is 1. The van der Waals surface area contributed by atoms with Gasteiger partial charge < -0.3 is 9.80 Å². The minimum Gasteiger partial charge on any atom is -0.339 e. The molecular weight excluding hydrogens is 456 g/mol. The SMILES string of the molecule is O=C(c1ccc2c(c1)N(Cc1ccc(Cl)cc1)C(=O)c1ccccc1[S@]2=O)N1CCCCC1. The highest BCUT2D eigenvalue weighted by Gasteiger charge is 2.32. The Kier molecular flexibility index (Phi) is 6.04. The average Bonchev–Trinajstić information content (AvgIpc) is 2.95. The molecule has 2 amide bonds. The van der Waals surface area contributed by atoms with Crippen LogP contribution in [0.15, 0.2) is 76.5 Å². The van der Waals surface area contributed by atoms with E-state index in [1.54, 1.807) is 59.5 Å². The van der Waals surface area contributed by atoms with Gasteiger partial charge in [0.15, 0.2) is 0 Å². The Morgan fingerprint density at radius 2 is 1.64 bits per heavy atom. The van der Waals surface area contributed by atoms with Crippen LogP contribution >= 0.6 is 11.6 Å². The largest absolute Gasteiger partial charge is 0.339 e. The molecule has 5 rings (SSSR count). The van der Waals surface area contributed by atoms with Crippen molar-refractivity contribution in [1.82, 2.24) is 4.90 Å². The van der Waals surface area contributed by atoms with E-state index in [1.807, 2.05) is 17.0 Å². The van der Waals surface area contributed by atoms with Gasteiger partial charge in [-0.25, -0.2) is 4.21 Å². The van der Waals surface area contributed by atoms with Gasteiger partial charge in [0, 0.05) is 23.7 Å². The summed E-state index contributed by atoms with van der Waals surface area (Å²) in [5, 5.41) is 0.613. The van der Waals surface area contributed by atoms with Gasteiger partial charge in [0.25, 0.3) is 11.8 Å². The van der Waals surface area contributed by atoms with Gasteiger partial charge in [-0.2, -0.15) is 0 Å². The van der Waals surface area contributed by atoms with E-state index in [2.05, 4.69) is 0 Å². The molecule has 0 unspecified atom stereocenters. The monoisotopic (exact) mass is 478 g/mol. The van der Waals surface area contributed by atoms with Gasteiger partial charge in [-0.15, -0.1) is 0 Å². The van der Waals surface area contributed by atoms with Crippen molar-refractivity contribution in [2.45, 2.75) is 35.6 Å². The highest BCUT2D eigenvalue weighted by molar-refractivity contribution is 7.85. The predicted octanol–water partition coefficient (Wildman–Crippen LogP) is 5.29. The Labute approximate surface area is 200 Å².